The lowest BCUT2D eigenvalue weighted by Gasteiger charge is -2.18. The normalized spacial score (nSPS) is 12.1. The van der Waals surface area contributed by atoms with Gasteiger partial charge >= 0.3 is 0 Å². The zero-order valence-corrected chi connectivity index (χ0v) is 12.5. The summed E-state index contributed by atoms with van der Waals surface area (Å²) >= 11 is 0. The van der Waals surface area contributed by atoms with Crippen LogP contribution < -0.4 is 4.74 Å². The van der Waals surface area contributed by atoms with Crippen molar-refractivity contribution in [3.63, 3.8) is 0 Å². The van der Waals surface area contributed by atoms with E-state index in [4.69, 9.17) is 4.74 Å². The summed E-state index contributed by atoms with van der Waals surface area (Å²) in [5.74, 6) is 1.42. The molecule has 2 rings (SSSR count). The third-order valence-electron chi connectivity index (χ3n) is 3.82. The van der Waals surface area contributed by atoms with Crippen molar-refractivity contribution in [2.24, 2.45) is 0 Å². The Morgan fingerprint density at radius 3 is 2.10 bits per heavy atom. The van der Waals surface area contributed by atoms with E-state index in [1.54, 1.807) is 7.11 Å². The Bertz CT molecular complexity index is 487. The van der Waals surface area contributed by atoms with Crippen LogP contribution in [0.25, 0.3) is 0 Å². The Labute approximate surface area is 122 Å². The quantitative estimate of drug-likeness (QED) is 0.610. The highest BCUT2D eigenvalue weighted by Gasteiger charge is 2.13. The van der Waals surface area contributed by atoms with E-state index in [9.17, 15) is 0 Å². The average Bonchev–Trinajstić information content (AvgIpc) is 2.53. The number of unbranched alkanes of at least 4 members (excludes halogenated alkanes) is 2. The van der Waals surface area contributed by atoms with Gasteiger partial charge in [-0.15, -0.1) is 0 Å². The number of rotatable bonds is 7. The number of methoxy groups -OCH3 is 1. The molecule has 20 heavy (non-hydrogen) atoms. The van der Waals surface area contributed by atoms with Crippen LogP contribution in [0.4, 0.5) is 0 Å². The number of hydrogen-bond acceptors (Lipinski definition) is 1. The SMILES string of the molecule is CCCCCC(c1ccccc1)c1ccc(OC)cc1. The second-order valence-corrected chi connectivity index (χ2v) is 5.23. The van der Waals surface area contributed by atoms with Gasteiger partial charge in [-0.1, -0.05) is 68.7 Å². The fourth-order valence-electron chi connectivity index (χ4n) is 2.65. The molecule has 0 fully saturated rings. The lowest BCUT2D eigenvalue weighted by Crippen LogP contribution is -2.01. The predicted molar refractivity (Wildman–Crippen MR) is 85.4 cm³/mol. The number of hydrogen-bond donors (Lipinski definition) is 0. The van der Waals surface area contributed by atoms with Gasteiger partial charge in [0.1, 0.15) is 5.75 Å². The standard InChI is InChI=1S/C19H24O/c1-3-4-6-11-19(16-9-7-5-8-10-16)17-12-14-18(20-2)15-13-17/h5,7-10,12-15,19H,3-4,6,11H2,1-2H3. The zero-order chi connectivity index (χ0) is 14.2. The van der Waals surface area contributed by atoms with Gasteiger partial charge in [0.15, 0.2) is 0 Å². The number of benzene rings is 2. The largest absolute Gasteiger partial charge is 0.497 e. The summed E-state index contributed by atoms with van der Waals surface area (Å²) in [6.45, 7) is 2.25. The molecule has 1 heteroatoms. The van der Waals surface area contributed by atoms with E-state index in [1.165, 1.54) is 36.8 Å². The Morgan fingerprint density at radius 1 is 0.850 bits per heavy atom. The van der Waals surface area contributed by atoms with Gasteiger partial charge in [0.25, 0.3) is 0 Å². The van der Waals surface area contributed by atoms with E-state index >= 15 is 0 Å². The molecule has 0 aliphatic carbocycles. The molecule has 1 nitrogen and oxygen atoms in total. The van der Waals surface area contributed by atoms with Crippen LogP contribution in [0, 0.1) is 0 Å². The second-order valence-electron chi connectivity index (χ2n) is 5.23. The van der Waals surface area contributed by atoms with Crippen LogP contribution in [0.2, 0.25) is 0 Å². The molecular weight excluding hydrogens is 244 g/mol. The Balaban J connectivity index is 2.20. The molecule has 2 aromatic rings. The van der Waals surface area contributed by atoms with Crippen LogP contribution in [0.1, 0.15) is 49.7 Å². The van der Waals surface area contributed by atoms with Gasteiger partial charge < -0.3 is 4.74 Å². The van der Waals surface area contributed by atoms with Crippen molar-refractivity contribution in [3.05, 3.63) is 65.7 Å². The van der Waals surface area contributed by atoms with Gasteiger partial charge in [-0.3, -0.25) is 0 Å². The molecule has 0 saturated heterocycles. The van der Waals surface area contributed by atoms with Crippen molar-refractivity contribution in [1.82, 2.24) is 0 Å². The average molecular weight is 268 g/mol. The van der Waals surface area contributed by atoms with Gasteiger partial charge in [-0.2, -0.15) is 0 Å². The fourth-order valence-corrected chi connectivity index (χ4v) is 2.65. The maximum atomic E-state index is 5.25. The minimum atomic E-state index is 0.494. The summed E-state index contributed by atoms with van der Waals surface area (Å²) in [5.41, 5.74) is 2.79. The molecule has 0 radical (unpaired) electrons. The smallest absolute Gasteiger partial charge is 0.118 e. The Kier molecular flexibility index (Phi) is 5.67. The summed E-state index contributed by atoms with van der Waals surface area (Å²) in [6, 6.07) is 19.3. The molecule has 0 heterocycles. The first kappa shape index (κ1) is 14.6. The topological polar surface area (TPSA) is 9.23 Å². The van der Waals surface area contributed by atoms with Crippen molar-refractivity contribution in [2.45, 2.75) is 38.5 Å². The highest BCUT2D eigenvalue weighted by Crippen LogP contribution is 2.30. The minimum Gasteiger partial charge on any atom is -0.497 e. The maximum absolute atomic E-state index is 5.25. The van der Waals surface area contributed by atoms with E-state index < -0.39 is 0 Å². The second kappa shape index (κ2) is 7.74. The Hall–Kier alpha value is -1.76. The third-order valence-corrected chi connectivity index (χ3v) is 3.82. The van der Waals surface area contributed by atoms with Gasteiger partial charge in [-0.05, 0) is 29.7 Å². The fraction of sp³-hybridized carbons (Fsp3) is 0.368. The van der Waals surface area contributed by atoms with E-state index in [2.05, 4.69) is 61.5 Å². The molecule has 1 atom stereocenters. The first-order valence-electron chi connectivity index (χ1n) is 7.54. The summed E-state index contributed by atoms with van der Waals surface area (Å²) in [6.07, 6.45) is 5.07. The molecular formula is C19H24O. The molecule has 0 aromatic heterocycles. The summed E-state index contributed by atoms with van der Waals surface area (Å²) < 4.78 is 5.25. The molecule has 0 bridgehead atoms. The van der Waals surface area contributed by atoms with Gasteiger partial charge in [0.05, 0.1) is 7.11 Å². The van der Waals surface area contributed by atoms with E-state index in [0.29, 0.717) is 5.92 Å². The zero-order valence-electron chi connectivity index (χ0n) is 12.5. The monoisotopic (exact) mass is 268 g/mol. The first-order chi connectivity index (χ1) is 9.85. The van der Waals surface area contributed by atoms with Crippen LogP contribution in [-0.2, 0) is 0 Å². The molecule has 2 aromatic carbocycles. The van der Waals surface area contributed by atoms with Crippen LogP contribution in [-0.4, -0.2) is 7.11 Å². The van der Waals surface area contributed by atoms with Crippen molar-refractivity contribution >= 4 is 0 Å². The number of ether oxygens (including phenoxy) is 1. The molecule has 1 unspecified atom stereocenters. The highest BCUT2D eigenvalue weighted by molar-refractivity contribution is 5.35. The van der Waals surface area contributed by atoms with Crippen LogP contribution in [0.5, 0.6) is 5.75 Å². The van der Waals surface area contributed by atoms with Gasteiger partial charge in [0.2, 0.25) is 0 Å². The molecule has 0 saturated carbocycles. The highest BCUT2D eigenvalue weighted by atomic mass is 16.5. The third kappa shape index (κ3) is 3.86. The lowest BCUT2D eigenvalue weighted by molar-refractivity contribution is 0.414. The van der Waals surface area contributed by atoms with Gasteiger partial charge in [-0.25, -0.2) is 0 Å². The van der Waals surface area contributed by atoms with Crippen LogP contribution in [0.3, 0.4) is 0 Å². The molecule has 0 spiro atoms. The molecule has 0 amide bonds. The molecule has 106 valence electrons. The van der Waals surface area contributed by atoms with Crippen molar-refractivity contribution in [1.29, 1.82) is 0 Å². The molecule has 0 aliphatic heterocycles. The van der Waals surface area contributed by atoms with Gasteiger partial charge in [0, 0.05) is 5.92 Å². The van der Waals surface area contributed by atoms with Crippen molar-refractivity contribution in [2.75, 3.05) is 7.11 Å². The Morgan fingerprint density at radius 2 is 1.50 bits per heavy atom. The minimum absolute atomic E-state index is 0.494. The van der Waals surface area contributed by atoms with E-state index in [-0.39, 0.29) is 0 Å². The summed E-state index contributed by atoms with van der Waals surface area (Å²) in [4.78, 5) is 0. The predicted octanol–water partition coefficient (Wildman–Crippen LogP) is 5.41. The summed E-state index contributed by atoms with van der Waals surface area (Å²) in [7, 11) is 1.71. The van der Waals surface area contributed by atoms with Crippen LogP contribution >= 0.6 is 0 Å². The van der Waals surface area contributed by atoms with E-state index in [0.717, 1.165) is 5.75 Å². The lowest BCUT2D eigenvalue weighted by atomic mass is 9.87. The first-order valence-corrected chi connectivity index (χ1v) is 7.54. The maximum Gasteiger partial charge on any atom is 0.118 e. The van der Waals surface area contributed by atoms with Crippen molar-refractivity contribution < 1.29 is 4.74 Å². The van der Waals surface area contributed by atoms with Crippen LogP contribution in [0.15, 0.2) is 54.6 Å². The van der Waals surface area contributed by atoms with E-state index in [1.807, 2.05) is 0 Å². The molecule has 0 aliphatic rings. The molecule has 0 N–H and O–H groups in total. The summed E-state index contributed by atoms with van der Waals surface area (Å²) in [5, 5.41) is 0. The van der Waals surface area contributed by atoms with Crippen molar-refractivity contribution in [3.8, 4) is 5.75 Å².